The number of anilines is 1. The molecule has 9 heteroatoms. The molecule has 0 bridgehead atoms. The lowest BCUT2D eigenvalue weighted by atomic mass is 10.1. The fourth-order valence-electron chi connectivity index (χ4n) is 2.50. The van der Waals surface area contributed by atoms with Gasteiger partial charge < -0.3 is 9.84 Å². The van der Waals surface area contributed by atoms with Gasteiger partial charge in [-0.2, -0.15) is 13.1 Å². The van der Waals surface area contributed by atoms with Gasteiger partial charge in [-0.15, -0.1) is 0 Å². The molecule has 0 aliphatic carbocycles. The van der Waals surface area contributed by atoms with Gasteiger partial charge in [-0.3, -0.25) is 4.72 Å². The van der Waals surface area contributed by atoms with E-state index >= 15 is 0 Å². The fourth-order valence-corrected chi connectivity index (χ4v) is 3.34. The molecule has 0 unspecified atom stereocenters. The number of ether oxygens (including phenoxy) is 1. The highest BCUT2D eigenvalue weighted by molar-refractivity contribution is 7.90. The summed E-state index contributed by atoms with van der Waals surface area (Å²) in [5.41, 5.74) is 1.89. The van der Waals surface area contributed by atoms with Crippen LogP contribution in [0.15, 0.2) is 67.0 Å². The first kappa shape index (κ1) is 19.7. The standard InChI is InChI=1S/C19H20N4O4S/c24-11-12-27-19-17(16-9-5-2-6-10-16)18(20-14-21-19)23-28(25,26)22-13-15-7-3-1-4-8-15/h1-10,14,22,24H,11-13H2,(H,20,21,23). The van der Waals surface area contributed by atoms with Crippen molar-refractivity contribution >= 4 is 16.0 Å². The summed E-state index contributed by atoms with van der Waals surface area (Å²) in [5, 5.41) is 9.03. The Hall–Kier alpha value is -3.01. The fraction of sp³-hybridized carbons (Fsp3) is 0.158. The van der Waals surface area contributed by atoms with Crippen molar-refractivity contribution in [1.29, 1.82) is 0 Å². The van der Waals surface area contributed by atoms with Crippen LogP contribution in [0.1, 0.15) is 5.56 Å². The van der Waals surface area contributed by atoms with Crippen LogP contribution < -0.4 is 14.2 Å². The van der Waals surface area contributed by atoms with E-state index in [1.807, 2.05) is 48.5 Å². The normalized spacial score (nSPS) is 11.2. The van der Waals surface area contributed by atoms with E-state index in [9.17, 15) is 8.42 Å². The molecule has 0 aliphatic heterocycles. The molecule has 1 heterocycles. The first-order chi connectivity index (χ1) is 13.6. The van der Waals surface area contributed by atoms with Crippen LogP contribution in [0.4, 0.5) is 5.82 Å². The lowest BCUT2D eigenvalue weighted by molar-refractivity contribution is 0.197. The summed E-state index contributed by atoms with van der Waals surface area (Å²) in [6, 6.07) is 18.2. The topological polar surface area (TPSA) is 113 Å². The zero-order valence-electron chi connectivity index (χ0n) is 14.9. The molecule has 0 saturated heterocycles. The van der Waals surface area contributed by atoms with Gasteiger partial charge in [-0.1, -0.05) is 60.7 Å². The number of hydrogen-bond acceptors (Lipinski definition) is 6. The minimum absolute atomic E-state index is 0.0231. The molecular formula is C19H20N4O4S. The molecule has 0 radical (unpaired) electrons. The van der Waals surface area contributed by atoms with Gasteiger partial charge in [0.25, 0.3) is 0 Å². The van der Waals surface area contributed by atoms with Crippen LogP contribution in [0, 0.1) is 0 Å². The lowest BCUT2D eigenvalue weighted by Crippen LogP contribution is -2.30. The van der Waals surface area contributed by atoms with Gasteiger partial charge in [0.1, 0.15) is 12.9 Å². The van der Waals surface area contributed by atoms with Gasteiger partial charge in [0.2, 0.25) is 5.88 Å². The monoisotopic (exact) mass is 400 g/mol. The van der Waals surface area contributed by atoms with Crippen LogP contribution in [0.5, 0.6) is 5.88 Å². The van der Waals surface area contributed by atoms with Crippen LogP contribution in [0.2, 0.25) is 0 Å². The van der Waals surface area contributed by atoms with E-state index in [0.29, 0.717) is 11.1 Å². The SMILES string of the molecule is O=S(=O)(NCc1ccccc1)Nc1ncnc(OCCO)c1-c1ccccc1. The average molecular weight is 400 g/mol. The third-order valence-electron chi connectivity index (χ3n) is 3.75. The molecule has 3 rings (SSSR count). The zero-order chi connectivity index (χ0) is 19.8. The number of aliphatic hydroxyl groups excluding tert-OH is 1. The Bertz CT molecular complexity index is 999. The van der Waals surface area contributed by atoms with Crippen molar-refractivity contribution < 1.29 is 18.3 Å². The second kappa shape index (κ2) is 9.27. The Labute approximate surface area is 163 Å². The average Bonchev–Trinajstić information content (AvgIpc) is 2.72. The molecule has 1 aromatic heterocycles. The maximum Gasteiger partial charge on any atom is 0.300 e. The molecule has 3 N–H and O–H groups in total. The Kier molecular flexibility index (Phi) is 6.53. The quantitative estimate of drug-likeness (QED) is 0.506. The van der Waals surface area contributed by atoms with Crippen LogP contribution in [0.3, 0.4) is 0 Å². The van der Waals surface area contributed by atoms with Crippen LogP contribution in [-0.2, 0) is 16.8 Å². The minimum atomic E-state index is -3.90. The third-order valence-corrected chi connectivity index (χ3v) is 4.73. The molecule has 146 valence electrons. The molecule has 3 aromatic rings. The second-order valence-corrected chi connectivity index (χ2v) is 7.25. The number of aliphatic hydroxyl groups is 1. The molecule has 0 spiro atoms. The van der Waals surface area contributed by atoms with E-state index in [0.717, 1.165) is 5.56 Å². The highest BCUT2D eigenvalue weighted by Gasteiger charge is 2.19. The molecule has 8 nitrogen and oxygen atoms in total. The highest BCUT2D eigenvalue weighted by Crippen LogP contribution is 2.34. The molecule has 0 atom stereocenters. The maximum atomic E-state index is 12.5. The number of rotatable bonds is 9. The summed E-state index contributed by atoms with van der Waals surface area (Å²) in [4.78, 5) is 8.16. The highest BCUT2D eigenvalue weighted by atomic mass is 32.2. The Morgan fingerprint density at radius 1 is 0.964 bits per heavy atom. The first-order valence-electron chi connectivity index (χ1n) is 8.54. The number of nitrogens with one attached hydrogen (secondary N) is 2. The van der Waals surface area contributed by atoms with Crippen LogP contribution in [0.25, 0.3) is 11.1 Å². The van der Waals surface area contributed by atoms with E-state index in [1.165, 1.54) is 6.33 Å². The van der Waals surface area contributed by atoms with Crippen molar-refractivity contribution in [3.8, 4) is 17.0 Å². The summed E-state index contributed by atoms with van der Waals surface area (Å²) >= 11 is 0. The second-order valence-electron chi connectivity index (χ2n) is 5.75. The third kappa shape index (κ3) is 5.26. The van der Waals surface area contributed by atoms with Crippen molar-refractivity contribution in [2.75, 3.05) is 17.9 Å². The van der Waals surface area contributed by atoms with Crippen LogP contribution >= 0.6 is 0 Å². The Morgan fingerprint density at radius 2 is 1.64 bits per heavy atom. The number of nitrogens with zero attached hydrogens (tertiary/aromatic N) is 2. The maximum absolute atomic E-state index is 12.5. The van der Waals surface area contributed by atoms with E-state index in [1.54, 1.807) is 12.1 Å². The molecule has 28 heavy (non-hydrogen) atoms. The van der Waals surface area contributed by atoms with Gasteiger partial charge in [0, 0.05) is 6.54 Å². The van der Waals surface area contributed by atoms with Crippen molar-refractivity contribution in [2.45, 2.75) is 6.54 Å². The van der Waals surface area contributed by atoms with Crippen molar-refractivity contribution in [1.82, 2.24) is 14.7 Å². The van der Waals surface area contributed by atoms with Crippen LogP contribution in [-0.4, -0.2) is 36.7 Å². The molecule has 2 aromatic carbocycles. The van der Waals surface area contributed by atoms with E-state index in [2.05, 4.69) is 19.4 Å². The largest absolute Gasteiger partial charge is 0.475 e. The zero-order valence-corrected chi connectivity index (χ0v) is 15.8. The predicted molar refractivity (Wildman–Crippen MR) is 106 cm³/mol. The van der Waals surface area contributed by atoms with Gasteiger partial charge in [0.05, 0.1) is 12.2 Å². The number of hydrogen-bond donors (Lipinski definition) is 3. The van der Waals surface area contributed by atoms with Gasteiger partial charge in [-0.25, -0.2) is 9.97 Å². The van der Waals surface area contributed by atoms with Gasteiger partial charge >= 0.3 is 10.2 Å². The summed E-state index contributed by atoms with van der Waals surface area (Å²) in [7, 11) is -3.90. The lowest BCUT2D eigenvalue weighted by Gasteiger charge is -2.15. The molecule has 0 fully saturated rings. The smallest absolute Gasteiger partial charge is 0.300 e. The van der Waals surface area contributed by atoms with Crippen molar-refractivity contribution in [3.63, 3.8) is 0 Å². The predicted octanol–water partition coefficient (Wildman–Crippen LogP) is 1.96. The van der Waals surface area contributed by atoms with Crippen molar-refractivity contribution in [3.05, 3.63) is 72.6 Å². The molecule has 0 amide bonds. The van der Waals surface area contributed by atoms with Gasteiger partial charge in [-0.05, 0) is 11.1 Å². The summed E-state index contributed by atoms with van der Waals surface area (Å²) in [6.45, 7) is -0.0387. The number of aromatic nitrogens is 2. The Balaban J connectivity index is 1.88. The molecule has 0 saturated carbocycles. The van der Waals surface area contributed by atoms with Crippen molar-refractivity contribution in [2.24, 2.45) is 0 Å². The van der Waals surface area contributed by atoms with E-state index in [-0.39, 0.29) is 31.5 Å². The molecule has 0 aliphatic rings. The summed E-state index contributed by atoms with van der Waals surface area (Å²) in [5.74, 6) is 0.255. The van der Waals surface area contributed by atoms with Gasteiger partial charge in [0.15, 0.2) is 5.82 Å². The Morgan fingerprint density at radius 3 is 2.32 bits per heavy atom. The summed E-state index contributed by atoms with van der Waals surface area (Å²) in [6.07, 6.45) is 1.20. The first-order valence-corrected chi connectivity index (χ1v) is 10.0. The van der Waals surface area contributed by atoms with E-state index < -0.39 is 10.2 Å². The molecular weight excluding hydrogens is 380 g/mol. The minimum Gasteiger partial charge on any atom is -0.475 e. The summed E-state index contributed by atoms with van der Waals surface area (Å²) < 4.78 is 35.4. The van der Waals surface area contributed by atoms with E-state index in [4.69, 9.17) is 9.84 Å². The number of benzene rings is 2.